The first kappa shape index (κ1) is 16.8. The van der Waals surface area contributed by atoms with Gasteiger partial charge in [0.25, 0.3) is 0 Å². The van der Waals surface area contributed by atoms with Crippen LogP contribution in [0.25, 0.3) is 0 Å². The fourth-order valence-corrected chi connectivity index (χ4v) is 3.29. The van der Waals surface area contributed by atoms with E-state index in [4.69, 9.17) is 0 Å². The minimum absolute atomic E-state index is 0.0724. The third kappa shape index (κ3) is 4.09. The van der Waals surface area contributed by atoms with Gasteiger partial charge in [0, 0.05) is 32.7 Å². The third-order valence-corrected chi connectivity index (χ3v) is 4.78. The summed E-state index contributed by atoms with van der Waals surface area (Å²) in [5.74, 6) is -0.0724. The van der Waals surface area contributed by atoms with Crippen LogP contribution in [0.1, 0.15) is 10.4 Å². The first-order valence-corrected chi connectivity index (χ1v) is 8.15. The van der Waals surface area contributed by atoms with E-state index in [1.165, 1.54) is 22.5 Å². The Kier molecular flexibility index (Phi) is 4.81. The molecule has 3 heterocycles. The van der Waals surface area contributed by atoms with Crippen LogP contribution >= 0.6 is 11.3 Å². The number of aromatic nitrogens is 4. The number of thiophene rings is 1. The van der Waals surface area contributed by atoms with Crippen molar-refractivity contribution < 1.29 is 18.0 Å². The zero-order valence-electron chi connectivity index (χ0n) is 12.6. The average molecular weight is 360 g/mol. The van der Waals surface area contributed by atoms with Gasteiger partial charge in [0.1, 0.15) is 17.7 Å². The predicted molar refractivity (Wildman–Crippen MR) is 79.0 cm³/mol. The third-order valence-electron chi connectivity index (χ3n) is 3.75. The lowest BCUT2D eigenvalue weighted by Crippen LogP contribution is -2.49. The van der Waals surface area contributed by atoms with Gasteiger partial charge >= 0.3 is 6.18 Å². The van der Waals surface area contributed by atoms with Gasteiger partial charge in [-0.3, -0.25) is 9.69 Å². The summed E-state index contributed by atoms with van der Waals surface area (Å²) in [4.78, 5) is 15.3. The SMILES string of the molecule is O=C(Cn1cnnn1)N1CCN(Cc2csc(C(F)(F)F)c2)CC1. The molecule has 2 aromatic rings. The van der Waals surface area contributed by atoms with Crippen molar-refractivity contribution in [1.29, 1.82) is 0 Å². The minimum Gasteiger partial charge on any atom is -0.339 e. The van der Waals surface area contributed by atoms with E-state index >= 15 is 0 Å². The Hall–Kier alpha value is -2.01. The topological polar surface area (TPSA) is 67.2 Å². The van der Waals surface area contributed by atoms with Crippen molar-refractivity contribution in [2.45, 2.75) is 19.3 Å². The summed E-state index contributed by atoms with van der Waals surface area (Å²) in [6.45, 7) is 2.87. The fourth-order valence-electron chi connectivity index (χ4n) is 2.51. The normalized spacial score (nSPS) is 16.5. The summed E-state index contributed by atoms with van der Waals surface area (Å²) in [6, 6.07) is 1.19. The molecule has 0 atom stereocenters. The largest absolute Gasteiger partial charge is 0.425 e. The van der Waals surface area contributed by atoms with E-state index in [1.807, 2.05) is 4.90 Å². The Morgan fingerprint density at radius 2 is 2.00 bits per heavy atom. The summed E-state index contributed by atoms with van der Waals surface area (Å²) >= 11 is 0.715. The Morgan fingerprint density at radius 1 is 1.25 bits per heavy atom. The van der Waals surface area contributed by atoms with Crippen LogP contribution in [-0.4, -0.2) is 62.1 Å². The van der Waals surface area contributed by atoms with Gasteiger partial charge in [-0.05, 0) is 27.4 Å². The van der Waals surface area contributed by atoms with Gasteiger partial charge in [0.05, 0.1) is 0 Å². The molecule has 1 saturated heterocycles. The van der Waals surface area contributed by atoms with Crippen LogP contribution in [0.2, 0.25) is 0 Å². The van der Waals surface area contributed by atoms with Gasteiger partial charge in [-0.15, -0.1) is 16.4 Å². The molecule has 1 aliphatic heterocycles. The van der Waals surface area contributed by atoms with Crippen LogP contribution in [0.5, 0.6) is 0 Å². The summed E-state index contributed by atoms with van der Waals surface area (Å²) in [5.41, 5.74) is 0.654. The monoisotopic (exact) mass is 360 g/mol. The highest BCUT2D eigenvalue weighted by Gasteiger charge is 2.32. The van der Waals surface area contributed by atoms with E-state index in [9.17, 15) is 18.0 Å². The first-order valence-electron chi connectivity index (χ1n) is 7.27. The van der Waals surface area contributed by atoms with E-state index < -0.39 is 11.1 Å². The number of amides is 1. The van der Waals surface area contributed by atoms with Crippen molar-refractivity contribution in [3.05, 3.63) is 28.2 Å². The standard InChI is InChI=1S/C13H15F3N6OS/c14-13(15,16)11-5-10(8-24-11)6-20-1-3-21(4-2-20)12(23)7-22-9-17-18-19-22/h5,8-9H,1-4,6-7H2. The van der Waals surface area contributed by atoms with Crippen molar-refractivity contribution in [2.24, 2.45) is 0 Å². The number of hydrogen-bond donors (Lipinski definition) is 0. The predicted octanol–water partition coefficient (Wildman–Crippen LogP) is 1.10. The lowest BCUT2D eigenvalue weighted by atomic mass is 10.2. The second kappa shape index (κ2) is 6.85. The Bertz CT molecular complexity index is 678. The highest BCUT2D eigenvalue weighted by molar-refractivity contribution is 7.10. The molecule has 2 aromatic heterocycles. The van der Waals surface area contributed by atoms with Crippen LogP contribution < -0.4 is 0 Å². The van der Waals surface area contributed by atoms with Crippen molar-refractivity contribution in [3.63, 3.8) is 0 Å². The average Bonchev–Trinajstić information content (AvgIpc) is 3.19. The highest BCUT2D eigenvalue weighted by Crippen LogP contribution is 2.34. The molecule has 0 unspecified atom stereocenters. The molecule has 0 aliphatic carbocycles. The molecule has 7 nitrogen and oxygen atoms in total. The molecule has 0 spiro atoms. The lowest BCUT2D eigenvalue weighted by molar-refractivity contribution is -0.135. The molecule has 0 aromatic carbocycles. The maximum absolute atomic E-state index is 12.6. The fraction of sp³-hybridized carbons (Fsp3) is 0.538. The number of alkyl halides is 3. The summed E-state index contributed by atoms with van der Waals surface area (Å²) < 4.78 is 39.2. The van der Waals surface area contributed by atoms with Crippen LogP contribution in [0.15, 0.2) is 17.8 Å². The van der Waals surface area contributed by atoms with Gasteiger partial charge in [-0.1, -0.05) is 0 Å². The zero-order chi connectivity index (χ0) is 17.2. The van der Waals surface area contributed by atoms with Gasteiger partial charge in [-0.25, -0.2) is 4.68 Å². The second-order valence-electron chi connectivity index (χ2n) is 5.48. The summed E-state index contributed by atoms with van der Waals surface area (Å²) in [5, 5.41) is 12.1. The van der Waals surface area contributed by atoms with Crippen LogP contribution in [0.3, 0.4) is 0 Å². The molecule has 11 heteroatoms. The molecule has 24 heavy (non-hydrogen) atoms. The second-order valence-corrected chi connectivity index (χ2v) is 6.39. The number of halogens is 3. The van der Waals surface area contributed by atoms with E-state index in [2.05, 4.69) is 15.5 Å². The number of rotatable bonds is 4. The summed E-state index contributed by atoms with van der Waals surface area (Å²) in [6.07, 6.45) is -2.91. The van der Waals surface area contributed by atoms with Crippen molar-refractivity contribution >= 4 is 17.2 Å². The highest BCUT2D eigenvalue weighted by atomic mass is 32.1. The minimum atomic E-state index is -4.29. The molecule has 1 amide bonds. The van der Waals surface area contributed by atoms with Gasteiger partial charge in [-0.2, -0.15) is 13.2 Å². The maximum Gasteiger partial charge on any atom is 0.425 e. The quantitative estimate of drug-likeness (QED) is 0.817. The number of hydrogen-bond acceptors (Lipinski definition) is 6. The van der Waals surface area contributed by atoms with Gasteiger partial charge < -0.3 is 4.90 Å². The molecule has 3 rings (SSSR count). The van der Waals surface area contributed by atoms with Crippen molar-refractivity contribution in [3.8, 4) is 0 Å². The van der Waals surface area contributed by atoms with Crippen LogP contribution in [-0.2, 0) is 24.1 Å². The van der Waals surface area contributed by atoms with Gasteiger partial charge in [0.15, 0.2) is 0 Å². The van der Waals surface area contributed by atoms with E-state index in [0.29, 0.717) is 49.6 Å². The van der Waals surface area contributed by atoms with Crippen molar-refractivity contribution in [1.82, 2.24) is 30.0 Å². The molecule has 0 radical (unpaired) electrons. The molecule has 0 saturated carbocycles. The number of tetrazole rings is 1. The zero-order valence-corrected chi connectivity index (χ0v) is 13.4. The molecular weight excluding hydrogens is 345 g/mol. The molecule has 1 fully saturated rings. The Labute approximate surface area is 139 Å². The first-order chi connectivity index (χ1) is 11.4. The van der Waals surface area contributed by atoms with Crippen LogP contribution in [0, 0.1) is 0 Å². The number of carbonyl (C=O) groups excluding carboxylic acids is 1. The van der Waals surface area contributed by atoms with E-state index in [0.717, 1.165) is 0 Å². The number of piperazine rings is 1. The molecular formula is C13H15F3N6OS. The van der Waals surface area contributed by atoms with Crippen LogP contribution in [0.4, 0.5) is 13.2 Å². The Balaban J connectivity index is 1.48. The molecule has 0 N–H and O–H groups in total. The smallest absolute Gasteiger partial charge is 0.339 e. The van der Waals surface area contributed by atoms with Crippen molar-refractivity contribution in [2.75, 3.05) is 26.2 Å². The Morgan fingerprint density at radius 3 is 2.58 bits per heavy atom. The number of nitrogens with zero attached hydrogens (tertiary/aromatic N) is 6. The molecule has 130 valence electrons. The summed E-state index contributed by atoms with van der Waals surface area (Å²) in [7, 11) is 0. The lowest BCUT2D eigenvalue weighted by Gasteiger charge is -2.34. The molecule has 0 bridgehead atoms. The molecule has 1 aliphatic rings. The van der Waals surface area contributed by atoms with E-state index in [1.54, 1.807) is 4.90 Å². The van der Waals surface area contributed by atoms with Gasteiger partial charge in [0.2, 0.25) is 5.91 Å². The number of carbonyl (C=O) groups is 1. The van der Waals surface area contributed by atoms with E-state index in [-0.39, 0.29) is 12.5 Å². The maximum atomic E-state index is 12.6.